The van der Waals surface area contributed by atoms with Gasteiger partial charge in [0.2, 0.25) is 0 Å². The number of halogens is 2. The van der Waals surface area contributed by atoms with Crippen LogP contribution < -0.4 is 0 Å². The Morgan fingerprint density at radius 2 is 1.25 bits per heavy atom. The Hall–Kier alpha value is -1.11. The topological polar surface area (TPSA) is 77.5 Å². The summed E-state index contributed by atoms with van der Waals surface area (Å²) in [7, 11) is 4.81. The predicted octanol–water partition coefficient (Wildman–Crippen LogP) is 1.71. The van der Waals surface area contributed by atoms with Crippen LogP contribution in [0.1, 0.15) is 20.7 Å². The molecule has 86 valence electrons. The van der Waals surface area contributed by atoms with E-state index in [1.165, 1.54) is 0 Å². The first-order valence-electron chi connectivity index (χ1n) is 3.79. The molecule has 5 nitrogen and oxygen atoms in total. The molecule has 0 N–H and O–H groups in total. The van der Waals surface area contributed by atoms with Crippen LogP contribution in [0.5, 0.6) is 0 Å². The number of esters is 2. The van der Waals surface area contributed by atoms with E-state index in [1.807, 2.05) is 0 Å². The van der Waals surface area contributed by atoms with Crippen molar-refractivity contribution in [3.05, 3.63) is 35.4 Å². The fourth-order valence-corrected chi connectivity index (χ4v) is 1.03. The van der Waals surface area contributed by atoms with Crippen molar-refractivity contribution in [2.45, 2.75) is 0 Å². The minimum atomic E-state index is -3.72. The van der Waals surface area contributed by atoms with Gasteiger partial charge in [0.05, 0.1) is 11.1 Å². The van der Waals surface area contributed by atoms with E-state index < -0.39 is 20.2 Å². The SMILES string of the molecule is O=C1OC(=O)c2ccccc21.O=S(=O)(Cl)Cl. The molecule has 1 heterocycles. The zero-order valence-corrected chi connectivity index (χ0v) is 9.84. The number of ether oxygens (including phenoxy) is 1. The van der Waals surface area contributed by atoms with Crippen molar-refractivity contribution in [2.75, 3.05) is 0 Å². The van der Waals surface area contributed by atoms with Crippen molar-refractivity contribution in [3.8, 4) is 0 Å². The highest BCUT2D eigenvalue weighted by Gasteiger charge is 2.28. The number of carbonyl (C=O) groups is 2. The standard InChI is InChI=1S/C8H4O3.Cl2O2S/c9-7-5-3-1-2-4-6(5)8(10)11-7;1-5(2,3)4/h1-4H;. The first kappa shape index (κ1) is 13.0. The second-order valence-electron chi connectivity index (χ2n) is 2.60. The molecule has 0 unspecified atom stereocenters. The second kappa shape index (κ2) is 4.82. The van der Waals surface area contributed by atoms with E-state index in [0.717, 1.165) is 0 Å². The summed E-state index contributed by atoms with van der Waals surface area (Å²) < 4.78 is 22.7. The Balaban J connectivity index is 0.000000221. The maximum Gasteiger partial charge on any atom is 0.346 e. The molecule has 0 amide bonds. The Morgan fingerprint density at radius 3 is 1.56 bits per heavy atom. The maximum atomic E-state index is 10.8. The van der Waals surface area contributed by atoms with Gasteiger partial charge < -0.3 is 4.74 Å². The molecule has 1 aromatic carbocycles. The molecule has 1 aliphatic rings. The summed E-state index contributed by atoms with van der Waals surface area (Å²) in [6.07, 6.45) is 0. The van der Waals surface area contributed by atoms with Gasteiger partial charge in [-0.05, 0) is 12.1 Å². The smallest absolute Gasteiger partial charge is 0.346 e. The number of cyclic esters (lactones) is 2. The monoisotopic (exact) mass is 282 g/mol. The average molecular weight is 283 g/mol. The Morgan fingerprint density at radius 1 is 0.938 bits per heavy atom. The molecule has 0 fully saturated rings. The van der Waals surface area contributed by atoms with Crippen molar-refractivity contribution in [3.63, 3.8) is 0 Å². The third-order valence-corrected chi connectivity index (χ3v) is 1.55. The molecule has 1 aromatic rings. The van der Waals surface area contributed by atoms with Gasteiger partial charge in [-0.3, -0.25) is 0 Å². The fourth-order valence-electron chi connectivity index (χ4n) is 1.03. The molecule has 0 atom stereocenters. The molecule has 0 saturated heterocycles. The predicted molar refractivity (Wildman–Crippen MR) is 56.8 cm³/mol. The van der Waals surface area contributed by atoms with Crippen LogP contribution in [0.2, 0.25) is 0 Å². The van der Waals surface area contributed by atoms with Crippen molar-refractivity contribution in [2.24, 2.45) is 0 Å². The number of hydrogen-bond acceptors (Lipinski definition) is 5. The minimum absolute atomic E-state index is 0.359. The van der Waals surface area contributed by atoms with Crippen LogP contribution in [0.3, 0.4) is 0 Å². The summed E-state index contributed by atoms with van der Waals surface area (Å²) in [4.78, 5) is 21.7. The van der Waals surface area contributed by atoms with Crippen LogP contribution in [0.25, 0.3) is 0 Å². The number of rotatable bonds is 0. The van der Waals surface area contributed by atoms with E-state index >= 15 is 0 Å². The first-order chi connectivity index (χ1) is 7.29. The van der Waals surface area contributed by atoms with Crippen molar-refractivity contribution >= 4 is 41.6 Å². The molecule has 0 bridgehead atoms. The quantitative estimate of drug-likeness (QED) is 0.411. The minimum Gasteiger partial charge on any atom is -0.386 e. The lowest BCUT2D eigenvalue weighted by Gasteiger charge is -1.86. The van der Waals surface area contributed by atoms with E-state index in [4.69, 9.17) is 8.42 Å². The Bertz CT molecular complexity index is 496. The van der Waals surface area contributed by atoms with Crippen molar-refractivity contribution in [1.29, 1.82) is 0 Å². The number of hydrogen-bond donors (Lipinski definition) is 0. The number of carbonyl (C=O) groups excluding carboxylic acids is 2. The molecular weight excluding hydrogens is 279 g/mol. The highest BCUT2D eigenvalue weighted by molar-refractivity contribution is 8.31. The molecule has 0 radical (unpaired) electrons. The second-order valence-corrected chi connectivity index (χ2v) is 6.27. The summed E-state index contributed by atoms with van der Waals surface area (Å²) in [5.74, 6) is -1.10. The van der Waals surface area contributed by atoms with Crippen LogP contribution in [-0.4, -0.2) is 20.4 Å². The van der Waals surface area contributed by atoms with Crippen LogP contribution in [-0.2, 0) is 13.0 Å². The van der Waals surface area contributed by atoms with Crippen molar-refractivity contribution < 1.29 is 22.7 Å². The Labute approximate surface area is 99.8 Å². The van der Waals surface area contributed by atoms with Gasteiger partial charge in [0.15, 0.2) is 0 Å². The molecule has 16 heavy (non-hydrogen) atoms. The van der Waals surface area contributed by atoms with Crippen LogP contribution in [0.4, 0.5) is 0 Å². The van der Waals surface area contributed by atoms with Gasteiger partial charge in [-0.15, -0.1) is 0 Å². The molecule has 1 aliphatic heterocycles. The molecule has 2 rings (SSSR count). The molecule has 0 spiro atoms. The molecule has 0 saturated carbocycles. The van der Waals surface area contributed by atoms with Gasteiger partial charge in [-0.1, -0.05) is 12.1 Å². The van der Waals surface area contributed by atoms with E-state index in [9.17, 15) is 9.59 Å². The molecule has 0 aliphatic carbocycles. The maximum absolute atomic E-state index is 10.8. The first-order valence-corrected chi connectivity index (χ1v) is 6.92. The van der Waals surface area contributed by atoms with Gasteiger partial charge >= 0.3 is 20.2 Å². The summed E-state index contributed by atoms with van der Waals surface area (Å²) >= 11 is 0. The van der Waals surface area contributed by atoms with Gasteiger partial charge in [0, 0.05) is 21.4 Å². The zero-order chi connectivity index (χ0) is 12.3. The van der Waals surface area contributed by atoms with Crippen molar-refractivity contribution in [1.82, 2.24) is 0 Å². The lowest BCUT2D eigenvalue weighted by Crippen LogP contribution is -1.96. The van der Waals surface area contributed by atoms with E-state index in [1.54, 1.807) is 24.3 Å². The third kappa shape index (κ3) is 3.80. The lowest BCUT2D eigenvalue weighted by molar-refractivity contribution is 0.0444. The summed E-state index contributed by atoms with van der Waals surface area (Å²) in [5.41, 5.74) is 0.718. The molecule has 0 aromatic heterocycles. The van der Waals surface area contributed by atoms with Gasteiger partial charge in [0.25, 0.3) is 0 Å². The van der Waals surface area contributed by atoms with Crippen LogP contribution >= 0.6 is 21.4 Å². The zero-order valence-electron chi connectivity index (χ0n) is 7.51. The number of fused-ring (bicyclic) bond motifs is 1. The largest absolute Gasteiger partial charge is 0.386 e. The van der Waals surface area contributed by atoms with E-state index in [0.29, 0.717) is 11.1 Å². The van der Waals surface area contributed by atoms with Crippen LogP contribution in [0, 0.1) is 0 Å². The fraction of sp³-hybridized carbons (Fsp3) is 0. The lowest BCUT2D eigenvalue weighted by atomic mass is 10.1. The highest BCUT2D eigenvalue weighted by Crippen LogP contribution is 2.18. The van der Waals surface area contributed by atoms with Gasteiger partial charge in [-0.25, -0.2) is 9.59 Å². The summed E-state index contributed by atoms with van der Waals surface area (Å²) in [6, 6.07) is 6.53. The Kier molecular flexibility index (Phi) is 3.90. The highest BCUT2D eigenvalue weighted by atomic mass is 36.0. The molecular formula is C8H4Cl2O5S. The van der Waals surface area contributed by atoms with Gasteiger partial charge in [-0.2, -0.15) is 8.42 Å². The normalized spacial score (nSPS) is 13.6. The summed E-state index contributed by atoms with van der Waals surface area (Å²) in [6.45, 7) is 0. The third-order valence-electron chi connectivity index (χ3n) is 1.55. The van der Waals surface area contributed by atoms with E-state index in [2.05, 4.69) is 26.1 Å². The van der Waals surface area contributed by atoms with E-state index in [-0.39, 0.29) is 0 Å². The summed E-state index contributed by atoms with van der Waals surface area (Å²) in [5, 5.41) is 0. The average Bonchev–Trinajstić information content (AvgIpc) is 2.41. The number of benzene rings is 1. The van der Waals surface area contributed by atoms with Crippen LogP contribution in [0.15, 0.2) is 24.3 Å². The molecule has 8 heteroatoms. The van der Waals surface area contributed by atoms with Gasteiger partial charge in [0.1, 0.15) is 0 Å².